The molecule has 0 amide bonds. The number of rotatable bonds is 43. The topological polar surface area (TPSA) is 175 Å². The monoisotopic (exact) mass is 993 g/mol. The second-order valence-corrected chi connectivity index (χ2v) is 17.8. The lowest BCUT2D eigenvalue weighted by Gasteiger charge is -2.40. The lowest BCUT2D eigenvalue weighted by molar-refractivity contribution is -0.301. The molecule has 0 saturated carbocycles. The van der Waals surface area contributed by atoms with Gasteiger partial charge in [-0.2, -0.15) is 0 Å². The van der Waals surface area contributed by atoms with Crippen molar-refractivity contribution in [2.75, 3.05) is 13.2 Å². The number of ether oxygens (including phenoxy) is 5. The quantitative estimate of drug-likeness (QED) is 0.0229. The van der Waals surface area contributed by atoms with Crippen LogP contribution in [0.2, 0.25) is 0 Å². The molecule has 1 saturated heterocycles. The first-order valence-electron chi connectivity index (χ1n) is 26.9. The number of allylic oxidation sites excluding steroid dienone is 17. The van der Waals surface area contributed by atoms with Crippen LogP contribution in [0, 0.1) is 0 Å². The predicted octanol–water partition coefficient (Wildman–Crippen LogP) is 13.1. The van der Waals surface area contributed by atoms with E-state index in [9.17, 15) is 34.5 Å². The number of aliphatic hydroxyl groups excluding tert-OH is 2. The van der Waals surface area contributed by atoms with Gasteiger partial charge in [0.05, 0.1) is 13.0 Å². The van der Waals surface area contributed by atoms with Crippen LogP contribution in [0.5, 0.6) is 0 Å². The van der Waals surface area contributed by atoms with E-state index in [-0.39, 0.29) is 25.9 Å². The molecule has 1 aliphatic heterocycles. The van der Waals surface area contributed by atoms with Crippen LogP contribution in [-0.2, 0) is 42.9 Å². The van der Waals surface area contributed by atoms with Crippen LogP contribution < -0.4 is 0 Å². The van der Waals surface area contributed by atoms with Gasteiger partial charge in [0, 0.05) is 12.8 Å². The van der Waals surface area contributed by atoms with E-state index >= 15 is 0 Å². The van der Waals surface area contributed by atoms with Crippen LogP contribution in [0.3, 0.4) is 0 Å². The summed E-state index contributed by atoms with van der Waals surface area (Å²) < 4.78 is 28.1. The van der Waals surface area contributed by atoms with Crippen molar-refractivity contribution in [3.63, 3.8) is 0 Å². The fourth-order valence-electron chi connectivity index (χ4n) is 7.31. The molecule has 400 valence electrons. The normalized spacial score (nSPS) is 19.4. The first-order valence-corrected chi connectivity index (χ1v) is 26.9. The number of carbonyl (C=O) groups is 4. The third kappa shape index (κ3) is 36.9. The van der Waals surface area contributed by atoms with Gasteiger partial charge in [0.2, 0.25) is 0 Å². The number of carbonyl (C=O) groups excluding carboxylic acids is 3. The average molecular weight is 993 g/mol. The van der Waals surface area contributed by atoms with Crippen LogP contribution in [0.1, 0.15) is 188 Å². The van der Waals surface area contributed by atoms with E-state index in [1.807, 2.05) is 18.2 Å². The summed E-state index contributed by atoms with van der Waals surface area (Å²) in [5, 5.41) is 31.3. The number of unbranched alkanes of at least 4 members (excludes halogenated alkanes) is 12. The van der Waals surface area contributed by atoms with Gasteiger partial charge in [-0.3, -0.25) is 14.4 Å². The maximum atomic E-state index is 13.0. The van der Waals surface area contributed by atoms with Gasteiger partial charge in [-0.15, -0.1) is 0 Å². The fraction of sp³-hybridized carbons (Fsp3) is 0.627. The average Bonchev–Trinajstić information content (AvgIpc) is 3.35. The molecule has 0 aliphatic carbocycles. The minimum absolute atomic E-state index is 0.0432. The first kappa shape index (κ1) is 64.4. The molecule has 6 unspecified atom stereocenters. The summed E-state index contributed by atoms with van der Waals surface area (Å²) in [7, 11) is 0. The van der Waals surface area contributed by atoms with Gasteiger partial charge < -0.3 is 39.0 Å². The minimum Gasteiger partial charge on any atom is -0.479 e. The highest BCUT2D eigenvalue weighted by atomic mass is 16.7. The fourth-order valence-corrected chi connectivity index (χ4v) is 7.31. The second kappa shape index (κ2) is 46.5. The minimum atomic E-state index is -1.92. The van der Waals surface area contributed by atoms with Crippen LogP contribution in [0.4, 0.5) is 0 Å². The molecule has 12 heteroatoms. The molecule has 71 heavy (non-hydrogen) atoms. The van der Waals surface area contributed by atoms with Crippen molar-refractivity contribution in [2.45, 2.75) is 225 Å². The maximum Gasteiger partial charge on any atom is 0.335 e. The molecule has 0 spiro atoms. The summed E-state index contributed by atoms with van der Waals surface area (Å²) >= 11 is 0. The van der Waals surface area contributed by atoms with E-state index in [0.717, 1.165) is 103 Å². The molecule has 0 aromatic rings. The number of aliphatic hydroxyl groups is 2. The summed E-state index contributed by atoms with van der Waals surface area (Å²) in [6.45, 7) is 5.59. The van der Waals surface area contributed by atoms with Gasteiger partial charge in [0.15, 0.2) is 24.6 Å². The second-order valence-electron chi connectivity index (χ2n) is 17.8. The van der Waals surface area contributed by atoms with Crippen molar-refractivity contribution in [1.29, 1.82) is 0 Å². The van der Waals surface area contributed by atoms with Crippen LogP contribution >= 0.6 is 0 Å². The smallest absolute Gasteiger partial charge is 0.335 e. The molecular weight excluding hydrogens is 901 g/mol. The van der Waals surface area contributed by atoms with Crippen molar-refractivity contribution in [2.24, 2.45) is 0 Å². The van der Waals surface area contributed by atoms with Gasteiger partial charge in [-0.25, -0.2) is 4.79 Å². The number of esters is 3. The molecule has 1 heterocycles. The Kier molecular flexibility index (Phi) is 42.1. The number of hydrogen-bond donors (Lipinski definition) is 3. The lowest BCUT2D eigenvalue weighted by atomic mass is 9.98. The van der Waals surface area contributed by atoms with Crippen molar-refractivity contribution in [1.82, 2.24) is 0 Å². The highest BCUT2D eigenvalue weighted by Crippen LogP contribution is 2.26. The van der Waals surface area contributed by atoms with Gasteiger partial charge in [-0.1, -0.05) is 194 Å². The molecule has 1 aliphatic rings. The lowest BCUT2D eigenvalue weighted by Crippen LogP contribution is -2.61. The van der Waals surface area contributed by atoms with Gasteiger partial charge in [0.25, 0.3) is 0 Å². The molecule has 3 N–H and O–H groups in total. The van der Waals surface area contributed by atoms with Crippen molar-refractivity contribution >= 4 is 23.9 Å². The number of aliphatic carboxylic acids is 1. The zero-order valence-electron chi connectivity index (χ0n) is 43.7. The maximum absolute atomic E-state index is 13.0. The van der Waals surface area contributed by atoms with Gasteiger partial charge >= 0.3 is 23.9 Å². The Labute approximate surface area is 427 Å². The van der Waals surface area contributed by atoms with E-state index in [1.54, 1.807) is 6.08 Å². The Hall–Kier alpha value is -4.62. The van der Waals surface area contributed by atoms with Gasteiger partial charge in [-0.05, 0) is 83.5 Å². The summed E-state index contributed by atoms with van der Waals surface area (Å²) in [4.78, 5) is 50.8. The Bertz CT molecular complexity index is 1650. The van der Waals surface area contributed by atoms with Crippen LogP contribution in [0.15, 0.2) is 109 Å². The third-order valence-corrected chi connectivity index (χ3v) is 11.4. The first-order chi connectivity index (χ1) is 34.6. The summed E-state index contributed by atoms with van der Waals surface area (Å²) in [5.41, 5.74) is 0. The SMILES string of the molecule is CC/C=C\C/C=C\C/C=C\C/C=C\C/C=C\CC(=O)OC(COC(=O)CCCCCC/C=C\C/C=C\C/C=C\C/C=C\CC)COC1OC(C(=O)O)C(O)C(O)C1OC(=O)CCCCCCCCCCC. The van der Waals surface area contributed by atoms with Crippen LogP contribution in [0.25, 0.3) is 0 Å². The van der Waals surface area contributed by atoms with E-state index in [1.165, 1.54) is 25.7 Å². The Morgan fingerprint density at radius 2 is 0.930 bits per heavy atom. The molecule has 0 radical (unpaired) electrons. The molecule has 1 rings (SSSR count). The molecule has 1 fully saturated rings. The Balaban J connectivity index is 2.79. The molecule has 0 aromatic carbocycles. The number of carboxylic acid groups (broad SMARTS) is 1. The van der Waals surface area contributed by atoms with Gasteiger partial charge in [0.1, 0.15) is 18.8 Å². The molecular formula is C59H92O12. The predicted molar refractivity (Wildman–Crippen MR) is 284 cm³/mol. The van der Waals surface area contributed by atoms with E-state index < -0.39 is 67.3 Å². The summed E-state index contributed by atoms with van der Waals surface area (Å²) in [5.74, 6) is -3.34. The largest absolute Gasteiger partial charge is 0.479 e. The van der Waals surface area contributed by atoms with E-state index in [2.05, 4.69) is 106 Å². The van der Waals surface area contributed by atoms with E-state index in [4.69, 9.17) is 23.7 Å². The van der Waals surface area contributed by atoms with Crippen molar-refractivity contribution < 1.29 is 58.2 Å². The molecule has 0 bridgehead atoms. The Morgan fingerprint density at radius 1 is 0.493 bits per heavy atom. The van der Waals surface area contributed by atoms with Crippen molar-refractivity contribution in [3.05, 3.63) is 109 Å². The zero-order chi connectivity index (χ0) is 51.8. The summed E-state index contributed by atoms with van der Waals surface area (Å²) in [6.07, 6.45) is 49.7. The Morgan fingerprint density at radius 3 is 1.42 bits per heavy atom. The van der Waals surface area contributed by atoms with E-state index in [0.29, 0.717) is 19.3 Å². The zero-order valence-corrected chi connectivity index (χ0v) is 43.7. The van der Waals surface area contributed by atoms with Crippen LogP contribution in [-0.4, -0.2) is 89.2 Å². The molecule has 6 atom stereocenters. The highest BCUT2D eigenvalue weighted by Gasteiger charge is 2.50. The number of hydrogen-bond acceptors (Lipinski definition) is 11. The van der Waals surface area contributed by atoms with Crippen molar-refractivity contribution in [3.8, 4) is 0 Å². The standard InChI is InChI=1S/C59H92O12/c1-4-7-10-13-16-19-21-23-25-26-28-29-31-34-36-39-42-45-51(60)67-48-50(69-52(61)46-43-40-38-35-32-30-27-24-22-20-17-14-11-8-5-2)49-68-59-57(55(64)54(63)56(71-59)58(65)66)70-53(62)47-44-41-37-33-18-15-12-9-6-3/h7-8,10-11,16-17,19-20,23-25,27-29,32,35,40,43,50,54-57,59,63-64H,4-6,9,12-15,18,21-22,26,30-31,33-34,36-39,41-42,44-49H2,1-3H3,(H,65,66)/b10-7-,11-8-,19-16-,20-17-,25-23-,27-24-,29-28-,35-32-,43-40-. The third-order valence-electron chi connectivity index (χ3n) is 11.4. The number of carboxylic acids is 1. The highest BCUT2D eigenvalue weighted by molar-refractivity contribution is 5.74. The molecule has 0 aromatic heterocycles. The molecule has 12 nitrogen and oxygen atoms in total. The summed E-state index contributed by atoms with van der Waals surface area (Å²) in [6, 6.07) is 0.